The molecule has 0 bridgehead atoms. The molecule has 122 valence electrons. The molecule has 5 nitrogen and oxygen atoms in total. The molecule has 1 aliphatic rings. The summed E-state index contributed by atoms with van der Waals surface area (Å²) in [6.45, 7) is 2.17. The minimum atomic E-state index is -3.75. The SMILES string of the molecule is Cc1ccc(S(=O)(=O)N2CCc3[nH]c4ccccc4c(=O)c32)cc1. The summed E-state index contributed by atoms with van der Waals surface area (Å²) >= 11 is 0. The largest absolute Gasteiger partial charge is 0.356 e. The molecule has 1 N–H and O–H groups in total. The fourth-order valence-corrected chi connectivity index (χ4v) is 4.62. The van der Waals surface area contributed by atoms with Crippen molar-refractivity contribution in [2.75, 3.05) is 10.8 Å². The van der Waals surface area contributed by atoms with E-state index in [1.54, 1.807) is 36.4 Å². The number of anilines is 1. The van der Waals surface area contributed by atoms with Gasteiger partial charge < -0.3 is 4.98 Å². The zero-order chi connectivity index (χ0) is 16.9. The zero-order valence-corrected chi connectivity index (χ0v) is 13.9. The zero-order valence-electron chi connectivity index (χ0n) is 13.1. The first-order valence-electron chi connectivity index (χ1n) is 7.72. The van der Waals surface area contributed by atoms with E-state index in [2.05, 4.69) is 4.98 Å². The first-order chi connectivity index (χ1) is 11.5. The Hall–Kier alpha value is -2.60. The molecule has 1 aromatic heterocycles. The number of rotatable bonds is 2. The average Bonchev–Trinajstić information content (AvgIpc) is 3.00. The number of benzene rings is 2. The maximum absolute atomic E-state index is 13.0. The molecule has 2 heterocycles. The third-order valence-electron chi connectivity index (χ3n) is 4.38. The van der Waals surface area contributed by atoms with E-state index < -0.39 is 10.0 Å². The van der Waals surface area contributed by atoms with E-state index in [9.17, 15) is 13.2 Å². The molecule has 0 amide bonds. The smallest absolute Gasteiger partial charge is 0.264 e. The molecule has 3 aromatic rings. The highest BCUT2D eigenvalue weighted by Gasteiger charge is 2.34. The predicted molar refractivity (Wildman–Crippen MR) is 94.0 cm³/mol. The maximum atomic E-state index is 13.0. The van der Waals surface area contributed by atoms with Crippen LogP contribution in [0.25, 0.3) is 10.9 Å². The Labute approximate surface area is 139 Å². The Morgan fingerprint density at radius 1 is 1.04 bits per heavy atom. The lowest BCUT2D eigenvalue weighted by Crippen LogP contribution is -2.32. The van der Waals surface area contributed by atoms with Crippen molar-refractivity contribution in [1.82, 2.24) is 4.98 Å². The average molecular weight is 340 g/mol. The molecule has 6 heteroatoms. The van der Waals surface area contributed by atoms with Crippen molar-refractivity contribution >= 4 is 26.6 Å². The Morgan fingerprint density at radius 2 is 1.75 bits per heavy atom. The number of para-hydroxylation sites is 1. The van der Waals surface area contributed by atoms with Crippen LogP contribution in [-0.4, -0.2) is 19.9 Å². The van der Waals surface area contributed by atoms with Crippen LogP contribution in [0.3, 0.4) is 0 Å². The lowest BCUT2D eigenvalue weighted by molar-refractivity contribution is 0.592. The summed E-state index contributed by atoms with van der Waals surface area (Å²) in [7, 11) is -3.75. The third kappa shape index (κ3) is 2.14. The van der Waals surface area contributed by atoms with Gasteiger partial charge in [-0.15, -0.1) is 0 Å². The molecular formula is C18H16N2O3S. The van der Waals surface area contributed by atoms with Crippen molar-refractivity contribution in [3.8, 4) is 0 Å². The third-order valence-corrected chi connectivity index (χ3v) is 6.19. The van der Waals surface area contributed by atoms with Gasteiger partial charge in [0.15, 0.2) is 0 Å². The van der Waals surface area contributed by atoms with E-state index in [-0.39, 0.29) is 22.6 Å². The number of H-pyrrole nitrogens is 1. The van der Waals surface area contributed by atoms with Gasteiger partial charge in [-0.05, 0) is 31.2 Å². The van der Waals surface area contributed by atoms with Crippen LogP contribution >= 0.6 is 0 Å². The number of hydrogen-bond acceptors (Lipinski definition) is 3. The van der Waals surface area contributed by atoms with Gasteiger partial charge in [-0.1, -0.05) is 29.8 Å². The topological polar surface area (TPSA) is 70.2 Å². The summed E-state index contributed by atoms with van der Waals surface area (Å²) in [6, 6.07) is 13.8. The highest BCUT2D eigenvalue weighted by Crippen LogP contribution is 2.30. The summed E-state index contributed by atoms with van der Waals surface area (Å²) in [5, 5.41) is 0.502. The second kappa shape index (κ2) is 5.21. The van der Waals surface area contributed by atoms with Crippen molar-refractivity contribution in [2.24, 2.45) is 0 Å². The minimum absolute atomic E-state index is 0.202. The molecule has 0 fully saturated rings. The summed E-state index contributed by atoms with van der Waals surface area (Å²) in [6.07, 6.45) is 0.500. The number of aromatic nitrogens is 1. The highest BCUT2D eigenvalue weighted by atomic mass is 32.2. The van der Waals surface area contributed by atoms with Gasteiger partial charge in [-0.2, -0.15) is 0 Å². The highest BCUT2D eigenvalue weighted by molar-refractivity contribution is 7.92. The molecule has 1 aliphatic heterocycles. The van der Waals surface area contributed by atoms with E-state index in [0.29, 0.717) is 17.5 Å². The molecule has 0 spiro atoms. The normalized spacial score (nSPS) is 14.1. The number of aromatic amines is 1. The van der Waals surface area contributed by atoms with Gasteiger partial charge in [-0.25, -0.2) is 8.42 Å². The van der Waals surface area contributed by atoms with E-state index in [1.807, 2.05) is 19.1 Å². The maximum Gasteiger partial charge on any atom is 0.264 e. The van der Waals surface area contributed by atoms with Crippen molar-refractivity contribution in [3.63, 3.8) is 0 Å². The summed E-state index contributed by atoms with van der Waals surface area (Å²) in [5.74, 6) is 0. The molecule has 0 radical (unpaired) electrons. The molecule has 0 unspecified atom stereocenters. The fraction of sp³-hybridized carbons (Fsp3) is 0.167. The Morgan fingerprint density at radius 3 is 2.50 bits per heavy atom. The van der Waals surface area contributed by atoms with Crippen LogP contribution in [0.1, 0.15) is 11.3 Å². The van der Waals surface area contributed by atoms with Crippen LogP contribution < -0.4 is 9.73 Å². The van der Waals surface area contributed by atoms with Crippen LogP contribution in [0.15, 0.2) is 58.2 Å². The Balaban J connectivity index is 1.91. The molecule has 2 aromatic carbocycles. The van der Waals surface area contributed by atoms with Gasteiger partial charge in [0, 0.05) is 29.6 Å². The molecule has 0 saturated heterocycles. The predicted octanol–water partition coefficient (Wildman–Crippen LogP) is 2.59. The Bertz CT molecular complexity index is 1100. The van der Waals surface area contributed by atoms with Crippen molar-refractivity contribution in [2.45, 2.75) is 18.2 Å². The van der Waals surface area contributed by atoms with Gasteiger partial charge >= 0.3 is 0 Å². The van der Waals surface area contributed by atoms with E-state index >= 15 is 0 Å². The second-order valence-corrected chi connectivity index (χ2v) is 7.83. The van der Waals surface area contributed by atoms with E-state index in [0.717, 1.165) is 11.1 Å². The van der Waals surface area contributed by atoms with Gasteiger partial charge in [0.05, 0.1) is 4.90 Å². The number of nitrogens with one attached hydrogen (secondary N) is 1. The Kier molecular flexibility index (Phi) is 3.25. The molecule has 24 heavy (non-hydrogen) atoms. The minimum Gasteiger partial charge on any atom is -0.356 e. The number of aryl methyl sites for hydroxylation is 1. The van der Waals surface area contributed by atoms with Gasteiger partial charge in [0.2, 0.25) is 5.43 Å². The summed E-state index contributed by atoms with van der Waals surface area (Å²) in [4.78, 5) is 16.2. The van der Waals surface area contributed by atoms with Crippen LogP contribution in [0.2, 0.25) is 0 Å². The number of nitrogens with zero attached hydrogens (tertiary/aromatic N) is 1. The van der Waals surface area contributed by atoms with E-state index in [4.69, 9.17) is 0 Å². The first kappa shape index (κ1) is 15.0. The number of hydrogen-bond donors (Lipinski definition) is 1. The number of pyridine rings is 1. The molecule has 0 atom stereocenters. The monoisotopic (exact) mass is 340 g/mol. The second-order valence-electron chi connectivity index (χ2n) is 5.97. The summed E-state index contributed by atoms with van der Waals surface area (Å²) < 4.78 is 27.2. The standard InChI is InChI=1S/C18H16N2O3S/c1-12-6-8-13(9-7-12)24(22,23)20-11-10-16-17(20)18(21)14-4-2-3-5-15(14)19-16/h2-9H,10-11H2,1H3,(H,19,21). The number of fused-ring (bicyclic) bond motifs is 2. The van der Waals surface area contributed by atoms with Gasteiger partial charge in [0.1, 0.15) is 5.69 Å². The molecular weight excluding hydrogens is 324 g/mol. The molecule has 0 saturated carbocycles. The lowest BCUT2D eigenvalue weighted by Gasteiger charge is -2.19. The van der Waals surface area contributed by atoms with E-state index in [1.165, 1.54) is 4.31 Å². The summed E-state index contributed by atoms with van der Waals surface area (Å²) in [5.41, 5.74) is 2.40. The number of sulfonamides is 1. The van der Waals surface area contributed by atoms with Gasteiger partial charge in [-0.3, -0.25) is 9.10 Å². The van der Waals surface area contributed by atoms with Gasteiger partial charge in [0.25, 0.3) is 10.0 Å². The first-order valence-corrected chi connectivity index (χ1v) is 9.16. The van der Waals surface area contributed by atoms with Crippen LogP contribution in [-0.2, 0) is 16.4 Å². The van der Waals surface area contributed by atoms with Crippen LogP contribution in [0.5, 0.6) is 0 Å². The van der Waals surface area contributed by atoms with Crippen LogP contribution in [0, 0.1) is 6.92 Å². The molecule has 0 aliphatic carbocycles. The van der Waals surface area contributed by atoms with Crippen molar-refractivity contribution < 1.29 is 8.42 Å². The van der Waals surface area contributed by atoms with Crippen LogP contribution in [0.4, 0.5) is 5.69 Å². The molecule has 4 rings (SSSR count). The fourth-order valence-electron chi connectivity index (χ4n) is 3.12. The lowest BCUT2D eigenvalue weighted by atomic mass is 10.1. The van der Waals surface area contributed by atoms with Crippen molar-refractivity contribution in [1.29, 1.82) is 0 Å². The quantitative estimate of drug-likeness (QED) is 0.779. The van der Waals surface area contributed by atoms with Crippen molar-refractivity contribution in [3.05, 3.63) is 70.0 Å².